The quantitative estimate of drug-likeness (QED) is 0.311. The van der Waals surface area contributed by atoms with Crippen molar-refractivity contribution in [1.82, 2.24) is 20.2 Å². The third-order valence-electron chi connectivity index (χ3n) is 4.97. The van der Waals surface area contributed by atoms with E-state index >= 15 is 0 Å². The fourth-order valence-corrected chi connectivity index (χ4v) is 4.13. The minimum absolute atomic E-state index is 0.180. The van der Waals surface area contributed by atoms with E-state index in [1.807, 2.05) is 37.3 Å². The molecule has 3 N–H and O–H groups in total. The summed E-state index contributed by atoms with van der Waals surface area (Å²) in [5.41, 5.74) is 3.71. The first-order valence-corrected chi connectivity index (χ1v) is 9.94. The molecule has 0 atom stereocenters. The van der Waals surface area contributed by atoms with E-state index in [1.165, 1.54) is 0 Å². The molecule has 0 saturated heterocycles. The summed E-state index contributed by atoms with van der Waals surface area (Å²) in [7, 11) is 0. The van der Waals surface area contributed by atoms with Crippen LogP contribution in [-0.2, 0) is 0 Å². The van der Waals surface area contributed by atoms with Crippen molar-refractivity contribution in [3.8, 4) is 11.3 Å². The highest BCUT2D eigenvalue weighted by Crippen LogP contribution is 2.38. The minimum atomic E-state index is -0.180. The van der Waals surface area contributed by atoms with Gasteiger partial charge in [-0.2, -0.15) is 5.10 Å². The third-order valence-corrected chi connectivity index (χ3v) is 5.56. The highest BCUT2D eigenvalue weighted by Gasteiger charge is 2.15. The lowest BCUT2D eigenvalue weighted by Crippen LogP contribution is -2.08. The molecule has 8 heteroatoms. The molecule has 148 valence electrons. The molecule has 0 aliphatic carbocycles. The molecule has 0 bridgehead atoms. The largest absolute Gasteiger partial charge is 0.337 e. The van der Waals surface area contributed by atoms with Crippen molar-refractivity contribution in [2.45, 2.75) is 6.92 Å². The summed E-state index contributed by atoms with van der Waals surface area (Å²) < 4.78 is 0. The number of aryl methyl sites for hydroxylation is 1. The van der Waals surface area contributed by atoms with Gasteiger partial charge in [-0.15, -0.1) is 0 Å². The van der Waals surface area contributed by atoms with Gasteiger partial charge in [0.1, 0.15) is 5.82 Å². The molecule has 0 saturated carbocycles. The van der Waals surface area contributed by atoms with Crippen molar-refractivity contribution in [3.05, 3.63) is 80.8 Å². The molecule has 0 radical (unpaired) electrons. The van der Waals surface area contributed by atoms with Crippen molar-refractivity contribution in [2.75, 3.05) is 5.32 Å². The number of H-pyrrole nitrogens is 2. The maximum atomic E-state index is 12.6. The van der Waals surface area contributed by atoms with Gasteiger partial charge in [0.25, 0.3) is 5.56 Å². The van der Waals surface area contributed by atoms with E-state index in [-0.39, 0.29) is 5.56 Å². The molecule has 2 aromatic carbocycles. The van der Waals surface area contributed by atoms with Gasteiger partial charge in [0.15, 0.2) is 0 Å². The number of benzene rings is 2. The number of halogens is 2. The van der Waals surface area contributed by atoms with Crippen LogP contribution in [0.4, 0.5) is 11.5 Å². The predicted molar refractivity (Wildman–Crippen MR) is 122 cm³/mol. The van der Waals surface area contributed by atoms with Crippen LogP contribution in [0.5, 0.6) is 0 Å². The molecule has 0 aliphatic rings. The van der Waals surface area contributed by atoms with Crippen molar-refractivity contribution in [3.63, 3.8) is 0 Å². The molecule has 0 aliphatic heterocycles. The number of aromatic nitrogens is 4. The Morgan fingerprint density at radius 2 is 1.80 bits per heavy atom. The molecule has 5 rings (SSSR count). The van der Waals surface area contributed by atoms with Crippen LogP contribution in [0, 0.1) is 6.92 Å². The number of rotatable bonds is 3. The van der Waals surface area contributed by atoms with E-state index in [2.05, 4.69) is 20.5 Å². The van der Waals surface area contributed by atoms with Crippen LogP contribution >= 0.6 is 23.2 Å². The molecule has 6 nitrogen and oxygen atoms in total. The highest BCUT2D eigenvalue weighted by atomic mass is 35.5. The lowest BCUT2D eigenvalue weighted by molar-refractivity contribution is 1.10. The second kappa shape index (κ2) is 7.16. The molecular formula is C22H15Cl2N5O. The molecule has 3 aromatic heterocycles. The van der Waals surface area contributed by atoms with E-state index in [1.54, 1.807) is 24.5 Å². The SMILES string of the molecule is Cc1ccc2nc(Nc3c(Cl)cc(-c4ccn[nH]4)cc3Cl)c3cc[nH]c(=O)c3c2c1. The lowest BCUT2D eigenvalue weighted by Gasteiger charge is -2.14. The fraction of sp³-hybridized carbons (Fsp3) is 0.0455. The second-order valence-corrected chi connectivity index (χ2v) is 7.80. The molecule has 30 heavy (non-hydrogen) atoms. The predicted octanol–water partition coefficient (Wildman–Crippen LogP) is 5.83. The Labute approximate surface area is 180 Å². The summed E-state index contributed by atoms with van der Waals surface area (Å²) in [6, 6.07) is 13.1. The summed E-state index contributed by atoms with van der Waals surface area (Å²) in [6.45, 7) is 1.98. The van der Waals surface area contributed by atoms with Crippen LogP contribution < -0.4 is 10.9 Å². The average molecular weight is 436 g/mol. The maximum Gasteiger partial charge on any atom is 0.256 e. The number of aromatic amines is 2. The van der Waals surface area contributed by atoms with E-state index in [9.17, 15) is 4.79 Å². The molecule has 0 unspecified atom stereocenters. The van der Waals surface area contributed by atoms with Crippen molar-refractivity contribution < 1.29 is 0 Å². The molecule has 5 aromatic rings. The van der Waals surface area contributed by atoms with Crippen molar-refractivity contribution in [2.24, 2.45) is 0 Å². The maximum absolute atomic E-state index is 12.6. The van der Waals surface area contributed by atoms with Crippen LogP contribution in [-0.4, -0.2) is 20.2 Å². The molecule has 0 fully saturated rings. The topological polar surface area (TPSA) is 86.5 Å². The van der Waals surface area contributed by atoms with E-state index < -0.39 is 0 Å². The third kappa shape index (κ3) is 3.10. The van der Waals surface area contributed by atoms with E-state index in [4.69, 9.17) is 28.2 Å². The van der Waals surface area contributed by atoms with Crippen LogP contribution in [0.3, 0.4) is 0 Å². The summed E-state index contributed by atoms with van der Waals surface area (Å²) in [5.74, 6) is 0.505. The Morgan fingerprint density at radius 3 is 2.53 bits per heavy atom. The summed E-state index contributed by atoms with van der Waals surface area (Å²) in [5, 5.41) is 13.0. The van der Waals surface area contributed by atoms with Gasteiger partial charge in [0, 0.05) is 28.7 Å². The number of fused-ring (bicyclic) bond motifs is 3. The first kappa shape index (κ1) is 18.7. The van der Waals surface area contributed by atoms with Gasteiger partial charge in [0.2, 0.25) is 0 Å². The first-order chi connectivity index (χ1) is 14.5. The minimum Gasteiger partial charge on any atom is -0.337 e. The Morgan fingerprint density at radius 1 is 1.00 bits per heavy atom. The first-order valence-electron chi connectivity index (χ1n) is 9.19. The highest BCUT2D eigenvalue weighted by molar-refractivity contribution is 6.39. The number of pyridine rings is 2. The summed E-state index contributed by atoms with van der Waals surface area (Å²) in [6.07, 6.45) is 3.26. The van der Waals surface area contributed by atoms with Gasteiger partial charge in [-0.3, -0.25) is 9.89 Å². The van der Waals surface area contributed by atoms with Crippen LogP contribution in [0.2, 0.25) is 10.0 Å². The van der Waals surface area contributed by atoms with Crippen LogP contribution in [0.15, 0.2) is 59.7 Å². The zero-order valence-corrected chi connectivity index (χ0v) is 17.3. The summed E-state index contributed by atoms with van der Waals surface area (Å²) in [4.78, 5) is 20.1. The number of nitrogens with zero attached hydrogens (tertiary/aromatic N) is 2. The number of anilines is 2. The zero-order valence-electron chi connectivity index (χ0n) is 15.8. The van der Waals surface area contributed by atoms with Gasteiger partial charge in [-0.25, -0.2) is 4.98 Å². The van der Waals surface area contributed by atoms with Crippen LogP contribution in [0.25, 0.3) is 32.9 Å². The number of hydrogen-bond donors (Lipinski definition) is 3. The number of nitrogens with one attached hydrogen (secondary N) is 3. The van der Waals surface area contributed by atoms with Crippen molar-refractivity contribution >= 4 is 56.4 Å². The Hall–Kier alpha value is -3.35. The van der Waals surface area contributed by atoms with E-state index in [0.29, 0.717) is 37.8 Å². The smallest absolute Gasteiger partial charge is 0.256 e. The van der Waals surface area contributed by atoms with Crippen molar-refractivity contribution in [1.29, 1.82) is 0 Å². The molecular weight excluding hydrogens is 421 g/mol. The molecule has 0 spiro atoms. The lowest BCUT2D eigenvalue weighted by atomic mass is 10.1. The Kier molecular flexibility index (Phi) is 4.46. The second-order valence-electron chi connectivity index (χ2n) is 6.99. The monoisotopic (exact) mass is 435 g/mol. The average Bonchev–Trinajstić information content (AvgIpc) is 3.26. The van der Waals surface area contributed by atoms with E-state index in [0.717, 1.165) is 22.2 Å². The Balaban J connectivity index is 1.70. The van der Waals surface area contributed by atoms with Gasteiger partial charge in [-0.1, -0.05) is 34.8 Å². The normalized spacial score (nSPS) is 11.3. The van der Waals surface area contributed by atoms with Gasteiger partial charge in [-0.05, 0) is 43.3 Å². The van der Waals surface area contributed by atoms with Gasteiger partial charge < -0.3 is 10.3 Å². The standard InChI is InChI=1S/C22H15Cl2N5O/c1-11-2-3-18-14(8-11)19-13(4-6-25-22(19)30)21(27-18)28-20-15(23)9-12(10-16(20)24)17-5-7-26-29-17/h2-10H,1H3,(H,25,30)(H,26,29)(H,27,28). The number of hydrogen-bond acceptors (Lipinski definition) is 4. The van der Waals surface area contributed by atoms with Crippen LogP contribution in [0.1, 0.15) is 5.56 Å². The molecule has 3 heterocycles. The Bertz CT molecular complexity index is 1450. The molecule has 0 amide bonds. The zero-order chi connectivity index (χ0) is 20.8. The fourth-order valence-electron chi connectivity index (χ4n) is 3.55. The van der Waals surface area contributed by atoms with Gasteiger partial charge in [0.05, 0.1) is 32.3 Å². The van der Waals surface area contributed by atoms with Gasteiger partial charge >= 0.3 is 0 Å². The summed E-state index contributed by atoms with van der Waals surface area (Å²) >= 11 is 13.1.